The number of nitrogens with zero attached hydrogens (tertiary/aromatic N) is 5. The summed E-state index contributed by atoms with van der Waals surface area (Å²) in [5, 5.41) is 12.7. The monoisotopic (exact) mass is 504 g/mol. The van der Waals surface area contributed by atoms with Crippen molar-refractivity contribution in [2.45, 2.75) is 13.3 Å². The van der Waals surface area contributed by atoms with Crippen molar-refractivity contribution in [2.24, 2.45) is 4.99 Å². The molecule has 9 nitrogen and oxygen atoms in total. The molecule has 10 heteroatoms. The number of aromatic nitrogens is 2. The van der Waals surface area contributed by atoms with Crippen LogP contribution in [0.2, 0.25) is 0 Å². The molecule has 0 saturated carbocycles. The van der Waals surface area contributed by atoms with Crippen molar-refractivity contribution in [2.75, 3.05) is 57.2 Å². The second-order valence-electron chi connectivity index (χ2n) is 9.22. The Morgan fingerprint density at radius 3 is 2.68 bits per heavy atom. The van der Waals surface area contributed by atoms with Crippen LogP contribution in [-0.2, 0) is 6.42 Å². The highest BCUT2D eigenvalue weighted by atomic mass is 19.1. The predicted molar refractivity (Wildman–Crippen MR) is 141 cm³/mol. The smallest absolute Gasteiger partial charge is 0.277 e. The van der Waals surface area contributed by atoms with Crippen molar-refractivity contribution in [3.63, 3.8) is 0 Å². The zero-order valence-electron chi connectivity index (χ0n) is 21.1. The maximum Gasteiger partial charge on any atom is 0.277 e. The number of fused-ring (bicyclic) bond motifs is 1. The number of carbonyl (C=O) groups is 1. The first kappa shape index (κ1) is 24.8. The van der Waals surface area contributed by atoms with Gasteiger partial charge in [-0.15, -0.1) is 0 Å². The summed E-state index contributed by atoms with van der Waals surface area (Å²) < 4.78 is 20.5. The third kappa shape index (κ3) is 4.90. The van der Waals surface area contributed by atoms with E-state index in [0.29, 0.717) is 40.3 Å². The molecule has 1 aromatic heterocycles. The summed E-state index contributed by atoms with van der Waals surface area (Å²) in [5.41, 5.74) is 4.55. The molecule has 2 aliphatic heterocycles. The summed E-state index contributed by atoms with van der Waals surface area (Å²) in [6.07, 6.45) is 1.41. The SMILES string of the molecule is COc1ccc(N2CCN(C)CC2)cc1Nc1ncc(F)c(-c2cc(CCO)c3c(c2)C(=O)N=C3C)n1. The quantitative estimate of drug-likeness (QED) is 0.505. The number of rotatable bonds is 7. The number of piperazine rings is 1. The van der Waals surface area contributed by atoms with E-state index in [9.17, 15) is 14.3 Å². The van der Waals surface area contributed by atoms with Gasteiger partial charge < -0.3 is 25.0 Å². The van der Waals surface area contributed by atoms with E-state index in [-0.39, 0.29) is 24.2 Å². The van der Waals surface area contributed by atoms with E-state index < -0.39 is 5.82 Å². The van der Waals surface area contributed by atoms with E-state index in [1.165, 1.54) is 0 Å². The highest BCUT2D eigenvalue weighted by molar-refractivity contribution is 6.21. The van der Waals surface area contributed by atoms with E-state index in [1.54, 1.807) is 26.2 Å². The number of hydrogen-bond donors (Lipinski definition) is 2. The summed E-state index contributed by atoms with van der Waals surface area (Å²) in [5.74, 6) is -0.213. The molecule has 0 spiro atoms. The number of likely N-dealkylation sites (N-methyl/N-ethyl adjacent to an activating group) is 1. The minimum Gasteiger partial charge on any atom is -0.495 e. The second kappa shape index (κ2) is 10.2. The molecule has 3 heterocycles. The number of benzene rings is 2. The topological polar surface area (TPSA) is 103 Å². The van der Waals surface area contributed by atoms with E-state index in [1.807, 2.05) is 18.2 Å². The first-order chi connectivity index (χ1) is 17.9. The Morgan fingerprint density at radius 1 is 1.16 bits per heavy atom. The largest absolute Gasteiger partial charge is 0.495 e. The van der Waals surface area contributed by atoms with E-state index in [2.05, 4.69) is 37.1 Å². The van der Waals surface area contributed by atoms with Crippen molar-refractivity contribution < 1.29 is 19.0 Å². The minimum atomic E-state index is -0.623. The molecule has 0 aliphatic carbocycles. The number of methoxy groups -OCH3 is 1. The Labute approximate surface area is 214 Å². The van der Waals surface area contributed by atoms with Crippen molar-refractivity contribution in [3.05, 3.63) is 59.0 Å². The number of halogens is 1. The van der Waals surface area contributed by atoms with Crippen LogP contribution in [0.4, 0.5) is 21.7 Å². The first-order valence-electron chi connectivity index (χ1n) is 12.2. The van der Waals surface area contributed by atoms with Gasteiger partial charge in [0.05, 0.1) is 24.6 Å². The number of aliphatic imine (C=N–C) groups is 1. The van der Waals surface area contributed by atoms with Crippen molar-refractivity contribution in [3.8, 4) is 17.0 Å². The molecule has 0 bridgehead atoms. The Morgan fingerprint density at radius 2 is 1.95 bits per heavy atom. The number of carbonyl (C=O) groups excluding carboxylic acids is 1. The number of nitrogens with one attached hydrogen (secondary N) is 1. The summed E-state index contributed by atoms with van der Waals surface area (Å²) in [7, 11) is 3.70. The fourth-order valence-electron chi connectivity index (χ4n) is 4.83. The molecule has 0 atom stereocenters. The molecule has 3 aromatic rings. The van der Waals surface area contributed by atoms with E-state index in [0.717, 1.165) is 43.6 Å². The number of amides is 1. The molecular formula is C27H29FN6O3. The summed E-state index contributed by atoms with van der Waals surface area (Å²) >= 11 is 0. The molecule has 2 N–H and O–H groups in total. The van der Waals surface area contributed by atoms with Crippen molar-refractivity contribution in [1.82, 2.24) is 14.9 Å². The summed E-state index contributed by atoms with van der Waals surface area (Å²) in [4.78, 5) is 29.7. The number of anilines is 3. The molecular weight excluding hydrogens is 475 g/mol. The van der Waals surface area contributed by atoms with E-state index >= 15 is 0 Å². The van der Waals surface area contributed by atoms with Crippen molar-refractivity contribution >= 4 is 28.9 Å². The number of aliphatic hydroxyl groups is 1. The lowest BCUT2D eigenvalue weighted by Crippen LogP contribution is -2.44. The van der Waals surface area contributed by atoms with Gasteiger partial charge in [0.2, 0.25) is 5.95 Å². The van der Waals surface area contributed by atoms with Gasteiger partial charge in [-0.1, -0.05) is 0 Å². The fourth-order valence-corrected chi connectivity index (χ4v) is 4.83. The van der Waals surface area contributed by atoms with Crippen LogP contribution in [0.25, 0.3) is 11.3 Å². The lowest BCUT2D eigenvalue weighted by Gasteiger charge is -2.34. The average Bonchev–Trinajstić information content (AvgIpc) is 3.19. The van der Waals surface area contributed by atoms with E-state index in [4.69, 9.17) is 4.74 Å². The average molecular weight is 505 g/mol. The number of ether oxygens (including phenoxy) is 1. The number of aliphatic hydroxyl groups excluding tert-OH is 1. The highest BCUT2D eigenvalue weighted by Crippen LogP contribution is 2.34. The third-order valence-corrected chi connectivity index (χ3v) is 6.78. The molecule has 5 rings (SSSR count). The van der Waals surface area contributed by atoms with Gasteiger partial charge >= 0.3 is 0 Å². The molecule has 2 aromatic carbocycles. The van der Waals surface area contributed by atoms with Crippen LogP contribution >= 0.6 is 0 Å². The van der Waals surface area contributed by atoms with Gasteiger partial charge in [0, 0.05) is 55.3 Å². The maximum absolute atomic E-state index is 15.0. The molecule has 0 radical (unpaired) electrons. The Bertz CT molecular complexity index is 1380. The van der Waals surface area contributed by atoms with Crippen LogP contribution in [0.3, 0.4) is 0 Å². The molecule has 0 unspecified atom stereocenters. The van der Waals surface area contributed by atoms with Gasteiger partial charge in [-0.05, 0) is 56.3 Å². The Hall–Kier alpha value is -3.89. The molecule has 192 valence electrons. The molecule has 37 heavy (non-hydrogen) atoms. The van der Waals surface area contributed by atoms with Crippen LogP contribution in [0.1, 0.15) is 28.4 Å². The van der Waals surface area contributed by atoms with Crippen LogP contribution in [0.5, 0.6) is 5.75 Å². The van der Waals surface area contributed by atoms with Gasteiger partial charge in [-0.3, -0.25) is 4.79 Å². The summed E-state index contributed by atoms with van der Waals surface area (Å²) in [6, 6.07) is 9.22. The molecule has 1 saturated heterocycles. The predicted octanol–water partition coefficient (Wildman–Crippen LogP) is 3.28. The third-order valence-electron chi connectivity index (χ3n) is 6.78. The Kier molecular flexibility index (Phi) is 6.86. The fraction of sp³-hybridized carbons (Fsp3) is 0.333. The zero-order valence-corrected chi connectivity index (χ0v) is 21.1. The number of hydrogen-bond acceptors (Lipinski definition) is 8. The highest BCUT2D eigenvalue weighted by Gasteiger charge is 2.26. The van der Waals surface area contributed by atoms with Crippen LogP contribution < -0.4 is 15.0 Å². The molecule has 2 aliphatic rings. The van der Waals surface area contributed by atoms with Gasteiger partial charge in [-0.2, -0.15) is 0 Å². The standard InChI is InChI=1S/C27H29FN6O3/c1-16-24-17(6-11-35)12-18(13-20(24)26(36)30-16)25-21(28)15-29-27(32-25)31-22-14-19(4-5-23(22)37-3)34-9-7-33(2)8-10-34/h4-5,12-15,35H,6-11H2,1-3H3,(H,29,31,32). The van der Waals surface area contributed by atoms with Gasteiger partial charge in [-0.25, -0.2) is 19.4 Å². The van der Waals surface area contributed by atoms with Crippen LogP contribution in [-0.4, -0.2) is 78.5 Å². The van der Waals surface area contributed by atoms with Crippen molar-refractivity contribution in [1.29, 1.82) is 0 Å². The second-order valence-corrected chi connectivity index (χ2v) is 9.22. The van der Waals surface area contributed by atoms with Gasteiger partial charge in [0.25, 0.3) is 5.91 Å². The van der Waals surface area contributed by atoms with Crippen LogP contribution in [0, 0.1) is 5.82 Å². The Balaban J connectivity index is 1.49. The lowest BCUT2D eigenvalue weighted by molar-refractivity contribution is 0.101. The molecule has 1 fully saturated rings. The lowest BCUT2D eigenvalue weighted by atomic mass is 9.93. The maximum atomic E-state index is 15.0. The minimum absolute atomic E-state index is 0.0473. The van der Waals surface area contributed by atoms with Gasteiger partial charge in [0.1, 0.15) is 11.4 Å². The zero-order chi connectivity index (χ0) is 26.1. The normalized spacial score (nSPS) is 15.5. The van der Waals surface area contributed by atoms with Gasteiger partial charge in [0.15, 0.2) is 5.82 Å². The summed E-state index contributed by atoms with van der Waals surface area (Å²) in [6.45, 7) is 5.42. The molecule has 1 amide bonds. The van der Waals surface area contributed by atoms with Crippen LogP contribution in [0.15, 0.2) is 41.5 Å². The first-order valence-corrected chi connectivity index (χ1v) is 12.2.